The smallest absolute Gasteiger partial charge is 0.308 e. The van der Waals surface area contributed by atoms with Gasteiger partial charge in [-0.3, -0.25) is 18.9 Å². The van der Waals surface area contributed by atoms with Gasteiger partial charge in [0.2, 0.25) is 5.91 Å². The number of benzene rings is 2. The fraction of sp³-hybridized carbons (Fsp3) is 0.364. The first-order valence-electron chi connectivity index (χ1n) is 10.6. The van der Waals surface area contributed by atoms with Crippen molar-refractivity contribution in [1.29, 1.82) is 0 Å². The zero-order valence-electron chi connectivity index (χ0n) is 18.0. The highest BCUT2D eigenvalue weighted by Gasteiger charge is 2.20. The molecule has 0 spiro atoms. The van der Waals surface area contributed by atoms with Crippen molar-refractivity contribution in [1.82, 2.24) is 9.47 Å². The molecule has 1 fully saturated rings. The number of hydrogen-bond donors (Lipinski definition) is 1. The van der Waals surface area contributed by atoms with Crippen LogP contribution in [0.5, 0.6) is 5.75 Å². The predicted octanol–water partition coefficient (Wildman–Crippen LogP) is 3.93. The topological polar surface area (TPSA) is 97.7 Å². The predicted molar refractivity (Wildman–Crippen MR) is 130 cm³/mol. The van der Waals surface area contributed by atoms with Crippen molar-refractivity contribution >= 4 is 54.8 Å². The van der Waals surface area contributed by atoms with Crippen molar-refractivity contribution in [3.05, 3.63) is 51.1 Å². The van der Waals surface area contributed by atoms with Gasteiger partial charge in [-0.25, -0.2) is 8.42 Å². The summed E-state index contributed by atoms with van der Waals surface area (Å²) in [5, 5.41) is 0.360. The van der Waals surface area contributed by atoms with Crippen LogP contribution in [0.3, 0.4) is 0 Å². The molecule has 0 radical (unpaired) electrons. The molecule has 0 atom stereocenters. The molecule has 1 N–H and O–H groups in total. The van der Waals surface area contributed by atoms with Gasteiger partial charge in [0.25, 0.3) is 10.0 Å². The lowest BCUT2D eigenvalue weighted by atomic mass is 10.1. The SMILES string of the molecule is COc1ccc(Cl)cc1NS(=O)(=O)c1ccc2c(c1)sc(=O)n2CCC(=O)N1CCCCC1. The number of fused-ring (bicyclic) bond motifs is 1. The van der Waals surface area contributed by atoms with Gasteiger partial charge in [-0.2, -0.15) is 0 Å². The number of aryl methyl sites for hydroxylation is 1. The number of nitrogens with one attached hydrogen (secondary N) is 1. The number of rotatable bonds is 7. The van der Waals surface area contributed by atoms with Crippen LogP contribution in [0.4, 0.5) is 5.69 Å². The molecule has 2 heterocycles. The van der Waals surface area contributed by atoms with E-state index in [1.54, 1.807) is 18.2 Å². The molecule has 33 heavy (non-hydrogen) atoms. The van der Waals surface area contributed by atoms with Gasteiger partial charge in [0.15, 0.2) is 0 Å². The molecule has 1 saturated heterocycles. The average molecular weight is 510 g/mol. The lowest BCUT2D eigenvalue weighted by Crippen LogP contribution is -2.36. The number of thiazole rings is 1. The summed E-state index contributed by atoms with van der Waals surface area (Å²) in [6.45, 7) is 1.80. The molecule has 1 aromatic heterocycles. The van der Waals surface area contributed by atoms with Gasteiger partial charge in [0.1, 0.15) is 5.75 Å². The number of carbonyl (C=O) groups is 1. The highest BCUT2D eigenvalue weighted by Crippen LogP contribution is 2.31. The van der Waals surface area contributed by atoms with E-state index in [2.05, 4.69) is 4.72 Å². The van der Waals surface area contributed by atoms with Crippen LogP contribution in [-0.2, 0) is 21.4 Å². The second-order valence-electron chi connectivity index (χ2n) is 7.79. The van der Waals surface area contributed by atoms with Crippen LogP contribution in [0, 0.1) is 0 Å². The fourth-order valence-corrected chi connectivity index (χ4v) is 6.19. The van der Waals surface area contributed by atoms with E-state index >= 15 is 0 Å². The Hall–Kier alpha value is -2.56. The summed E-state index contributed by atoms with van der Waals surface area (Å²) >= 11 is 6.95. The van der Waals surface area contributed by atoms with Crippen LogP contribution in [0.25, 0.3) is 10.2 Å². The fourth-order valence-electron chi connectivity index (χ4n) is 3.90. The number of nitrogens with zero attached hydrogens (tertiary/aromatic N) is 2. The van der Waals surface area contributed by atoms with E-state index in [0.717, 1.165) is 43.7 Å². The molecule has 4 rings (SSSR count). The summed E-state index contributed by atoms with van der Waals surface area (Å²) in [6.07, 6.45) is 3.41. The van der Waals surface area contributed by atoms with E-state index in [1.165, 1.54) is 29.9 Å². The van der Waals surface area contributed by atoms with Crippen molar-refractivity contribution in [3.8, 4) is 5.75 Å². The van der Waals surface area contributed by atoms with Crippen LogP contribution >= 0.6 is 22.9 Å². The number of sulfonamides is 1. The van der Waals surface area contributed by atoms with Crippen molar-refractivity contribution in [2.45, 2.75) is 37.1 Å². The first-order valence-corrected chi connectivity index (χ1v) is 13.2. The number of halogens is 1. The Morgan fingerprint density at radius 3 is 2.64 bits per heavy atom. The molecule has 11 heteroatoms. The van der Waals surface area contributed by atoms with E-state index in [4.69, 9.17) is 16.3 Å². The second kappa shape index (κ2) is 9.74. The van der Waals surface area contributed by atoms with Gasteiger partial charge >= 0.3 is 4.87 Å². The van der Waals surface area contributed by atoms with Gasteiger partial charge in [0, 0.05) is 31.1 Å². The van der Waals surface area contributed by atoms with E-state index in [-0.39, 0.29) is 34.3 Å². The number of likely N-dealkylation sites (tertiary alicyclic amines) is 1. The van der Waals surface area contributed by atoms with Crippen LogP contribution in [0.1, 0.15) is 25.7 Å². The Morgan fingerprint density at radius 1 is 1.15 bits per heavy atom. The largest absolute Gasteiger partial charge is 0.495 e. The average Bonchev–Trinajstić information content (AvgIpc) is 3.12. The molecular weight excluding hydrogens is 486 g/mol. The third-order valence-corrected chi connectivity index (χ3v) is 8.15. The van der Waals surface area contributed by atoms with Crippen molar-refractivity contribution in [2.24, 2.45) is 0 Å². The Balaban J connectivity index is 1.56. The number of carbonyl (C=O) groups excluding carboxylic acids is 1. The van der Waals surface area contributed by atoms with Crippen LogP contribution < -0.4 is 14.3 Å². The summed E-state index contributed by atoms with van der Waals surface area (Å²) < 4.78 is 35.7. The third kappa shape index (κ3) is 5.18. The second-order valence-corrected chi connectivity index (χ2v) is 10.9. The molecule has 2 aromatic carbocycles. The molecule has 8 nitrogen and oxygen atoms in total. The Kier molecular flexibility index (Phi) is 6.96. The normalized spacial score (nSPS) is 14.4. The zero-order chi connectivity index (χ0) is 23.6. The summed E-state index contributed by atoms with van der Waals surface area (Å²) in [5.41, 5.74) is 0.822. The van der Waals surface area contributed by atoms with Crippen LogP contribution in [0.2, 0.25) is 5.02 Å². The van der Waals surface area contributed by atoms with Gasteiger partial charge in [0.05, 0.1) is 27.9 Å². The standard InChI is InChI=1S/C22H24ClN3O5S2/c1-31-19-8-5-15(23)13-17(19)24-33(29,30)16-6-7-18-20(14-16)32-22(28)26(18)12-9-21(27)25-10-3-2-4-11-25/h5-8,13-14,24H,2-4,9-12H2,1H3. The molecule has 0 saturated carbocycles. The van der Waals surface area contributed by atoms with Gasteiger partial charge in [-0.05, 0) is 55.7 Å². The first kappa shape index (κ1) is 23.6. The third-order valence-electron chi connectivity index (χ3n) is 5.61. The molecule has 0 bridgehead atoms. The lowest BCUT2D eigenvalue weighted by Gasteiger charge is -2.26. The molecule has 1 aliphatic heterocycles. The number of amides is 1. The number of ether oxygens (including phenoxy) is 1. The minimum Gasteiger partial charge on any atom is -0.495 e. The molecule has 176 valence electrons. The van der Waals surface area contributed by atoms with Gasteiger partial charge < -0.3 is 9.64 Å². The molecular formula is C22H24ClN3O5S2. The van der Waals surface area contributed by atoms with E-state index in [1.807, 2.05) is 4.90 Å². The molecule has 0 aliphatic carbocycles. The van der Waals surface area contributed by atoms with Crippen molar-refractivity contribution in [3.63, 3.8) is 0 Å². The van der Waals surface area contributed by atoms with E-state index in [9.17, 15) is 18.0 Å². The zero-order valence-corrected chi connectivity index (χ0v) is 20.4. The molecule has 3 aromatic rings. The van der Waals surface area contributed by atoms with Crippen LogP contribution in [-0.4, -0.2) is 44.0 Å². The monoisotopic (exact) mass is 509 g/mol. The number of anilines is 1. The van der Waals surface area contributed by atoms with Crippen LogP contribution in [0.15, 0.2) is 46.1 Å². The van der Waals surface area contributed by atoms with Crippen molar-refractivity contribution < 1.29 is 17.9 Å². The molecule has 1 amide bonds. The maximum Gasteiger partial charge on any atom is 0.308 e. The molecule has 0 unspecified atom stereocenters. The number of hydrogen-bond acceptors (Lipinski definition) is 6. The van der Waals surface area contributed by atoms with Gasteiger partial charge in [-0.15, -0.1) is 0 Å². The number of methoxy groups -OCH3 is 1. The van der Waals surface area contributed by atoms with E-state index < -0.39 is 10.0 Å². The minimum absolute atomic E-state index is 0.00909. The van der Waals surface area contributed by atoms with Crippen molar-refractivity contribution in [2.75, 3.05) is 24.9 Å². The first-order chi connectivity index (χ1) is 15.8. The summed E-state index contributed by atoms with van der Waals surface area (Å²) in [7, 11) is -2.52. The number of piperidine rings is 1. The minimum atomic E-state index is -3.95. The Labute approximate surface area is 200 Å². The quantitative estimate of drug-likeness (QED) is 0.520. The Morgan fingerprint density at radius 2 is 1.91 bits per heavy atom. The van der Waals surface area contributed by atoms with E-state index in [0.29, 0.717) is 21.0 Å². The summed E-state index contributed by atoms with van der Waals surface area (Å²) in [5.74, 6) is 0.373. The number of aromatic nitrogens is 1. The maximum atomic E-state index is 13.0. The molecule has 1 aliphatic rings. The Bertz CT molecular complexity index is 1340. The summed E-state index contributed by atoms with van der Waals surface area (Å²) in [4.78, 5) is 26.7. The summed E-state index contributed by atoms with van der Waals surface area (Å²) in [6, 6.07) is 9.13. The van der Waals surface area contributed by atoms with Gasteiger partial charge in [-0.1, -0.05) is 22.9 Å². The highest BCUT2D eigenvalue weighted by atomic mass is 35.5. The highest BCUT2D eigenvalue weighted by molar-refractivity contribution is 7.92. The maximum absolute atomic E-state index is 13.0. The lowest BCUT2D eigenvalue weighted by molar-refractivity contribution is -0.132.